The van der Waals surface area contributed by atoms with Crippen molar-refractivity contribution in [3.63, 3.8) is 0 Å². The van der Waals surface area contributed by atoms with Crippen molar-refractivity contribution in [2.45, 2.75) is 13.8 Å². The van der Waals surface area contributed by atoms with Gasteiger partial charge in [-0.15, -0.1) is 0 Å². The van der Waals surface area contributed by atoms with E-state index < -0.39 is 5.97 Å². The van der Waals surface area contributed by atoms with Crippen LogP contribution in [0.5, 0.6) is 11.5 Å². The number of aryl methyl sites for hydroxylation is 1. The van der Waals surface area contributed by atoms with Gasteiger partial charge in [0.25, 0.3) is 0 Å². The zero-order valence-electron chi connectivity index (χ0n) is 13.6. The number of hydrogen-bond acceptors (Lipinski definition) is 5. The number of H-pyrrole nitrogens is 1. The molecule has 0 radical (unpaired) electrons. The first-order chi connectivity index (χ1) is 11.0. The molecule has 23 heavy (non-hydrogen) atoms. The highest BCUT2D eigenvalue weighted by Gasteiger charge is 2.22. The summed E-state index contributed by atoms with van der Waals surface area (Å²) in [5, 5.41) is 0. The van der Waals surface area contributed by atoms with Crippen molar-refractivity contribution in [3.8, 4) is 11.5 Å². The lowest BCUT2D eigenvalue weighted by Gasteiger charge is -2.06. The van der Waals surface area contributed by atoms with Gasteiger partial charge in [0.2, 0.25) is 5.78 Å². The summed E-state index contributed by atoms with van der Waals surface area (Å²) in [5.74, 6) is 0.568. The van der Waals surface area contributed by atoms with E-state index in [1.807, 2.05) is 0 Å². The van der Waals surface area contributed by atoms with Crippen LogP contribution >= 0.6 is 0 Å². The van der Waals surface area contributed by atoms with E-state index in [0.29, 0.717) is 34.0 Å². The molecule has 6 heteroatoms. The number of aromatic nitrogens is 1. The summed E-state index contributed by atoms with van der Waals surface area (Å²) >= 11 is 0. The van der Waals surface area contributed by atoms with Gasteiger partial charge in [-0.25, -0.2) is 4.79 Å². The fourth-order valence-corrected chi connectivity index (χ4v) is 2.33. The number of Topliss-reactive ketones (excluding diaryl/α,β-unsaturated/α-hetero) is 1. The van der Waals surface area contributed by atoms with E-state index >= 15 is 0 Å². The molecule has 0 unspecified atom stereocenters. The highest BCUT2D eigenvalue weighted by Crippen LogP contribution is 2.21. The average Bonchev–Trinajstić information content (AvgIpc) is 2.87. The van der Waals surface area contributed by atoms with Crippen molar-refractivity contribution in [3.05, 3.63) is 46.8 Å². The standard InChI is InChI=1S/C17H19NO5/c1-10-15(17(20)22-4)11(2)18-16(10)14(19)9-23-13-7-5-12(21-3)6-8-13/h5-8,18H,9H2,1-4H3. The second-order valence-corrected chi connectivity index (χ2v) is 5.00. The fourth-order valence-electron chi connectivity index (χ4n) is 2.33. The zero-order chi connectivity index (χ0) is 17.0. The van der Waals surface area contributed by atoms with Crippen LogP contribution in [0.15, 0.2) is 24.3 Å². The Morgan fingerprint density at radius 2 is 1.65 bits per heavy atom. The smallest absolute Gasteiger partial charge is 0.339 e. The maximum atomic E-state index is 12.3. The van der Waals surface area contributed by atoms with Gasteiger partial charge in [0, 0.05) is 5.69 Å². The van der Waals surface area contributed by atoms with Crippen molar-refractivity contribution >= 4 is 11.8 Å². The van der Waals surface area contributed by atoms with Gasteiger partial charge in [-0.2, -0.15) is 0 Å². The summed E-state index contributed by atoms with van der Waals surface area (Å²) in [7, 11) is 2.89. The lowest BCUT2D eigenvalue weighted by Crippen LogP contribution is -2.13. The van der Waals surface area contributed by atoms with Crippen LogP contribution in [0.2, 0.25) is 0 Å². The molecule has 0 spiro atoms. The predicted molar refractivity (Wildman–Crippen MR) is 84.4 cm³/mol. The van der Waals surface area contributed by atoms with Crippen LogP contribution in [0.25, 0.3) is 0 Å². The van der Waals surface area contributed by atoms with Gasteiger partial charge in [0.05, 0.1) is 25.5 Å². The molecule has 0 atom stereocenters. The first kappa shape index (κ1) is 16.6. The summed E-state index contributed by atoms with van der Waals surface area (Å²) in [5.41, 5.74) is 1.91. The first-order valence-corrected chi connectivity index (χ1v) is 7.05. The Balaban J connectivity index is 2.10. The van der Waals surface area contributed by atoms with E-state index in [4.69, 9.17) is 14.2 Å². The summed E-state index contributed by atoms with van der Waals surface area (Å²) in [6, 6.07) is 6.94. The molecular weight excluding hydrogens is 298 g/mol. The summed E-state index contributed by atoms with van der Waals surface area (Å²) in [6.45, 7) is 3.30. The molecule has 0 fully saturated rings. The number of carbonyl (C=O) groups excluding carboxylic acids is 2. The Hall–Kier alpha value is -2.76. The molecule has 0 saturated carbocycles. The Morgan fingerprint density at radius 3 is 2.22 bits per heavy atom. The molecule has 1 aromatic carbocycles. The molecule has 1 heterocycles. The lowest BCUT2D eigenvalue weighted by atomic mass is 10.1. The van der Waals surface area contributed by atoms with E-state index in [1.165, 1.54) is 7.11 Å². The van der Waals surface area contributed by atoms with Crippen LogP contribution in [-0.4, -0.2) is 37.6 Å². The minimum Gasteiger partial charge on any atom is -0.497 e. The van der Waals surface area contributed by atoms with Gasteiger partial charge in [0.15, 0.2) is 6.61 Å². The van der Waals surface area contributed by atoms with E-state index in [0.717, 1.165) is 0 Å². The molecule has 122 valence electrons. The van der Waals surface area contributed by atoms with E-state index in [1.54, 1.807) is 45.2 Å². The fraction of sp³-hybridized carbons (Fsp3) is 0.294. The molecule has 2 aromatic rings. The second-order valence-electron chi connectivity index (χ2n) is 5.00. The molecule has 0 aliphatic rings. The van der Waals surface area contributed by atoms with Crippen LogP contribution in [0.4, 0.5) is 0 Å². The maximum absolute atomic E-state index is 12.3. The molecule has 0 aliphatic heterocycles. The summed E-state index contributed by atoms with van der Waals surface area (Å²) in [6.07, 6.45) is 0. The number of nitrogens with one attached hydrogen (secondary N) is 1. The molecule has 0 aliphatic carbocycles. The number of methoxy groups -OCH3 is 2. The number of ketones is 1. The Bertz CT molecular complexity index is 715. The van der Waals surface area contributed by atoms with Gasteiger partial charge in [-0.05, 0) is 43.7 Å². The Kier molecular flexibility index (Phi) is 5.05. The number of ether oxygens (including phenoxy) is 3. The predicted octanol–water partition coefficient (Wildman–Crippen LogP) is 2.69. The van der Waals surface area contributed by atoms with Crippen molar-refractivity contribution < 1.29 is 23.8 Å². The minimum absolute atomic E-state index is 0.131. The molecule has 0 saturated heterocycles. The number of carbonyl (C=O) groups is 2. The minimum atomic E-state index is -0.466. The molecule has 0 amide bonds. The topological polar surface area (TPSA) is 77.6 Å². The number of hydrogen-bond donors (Lipinski definition) is 1. The van der Waals surface area contributed by atoms with Crippen LogP contribution in [0.3, 0.4) is 0 Å². The summed E-state index contributed by atoms with van der Waals surface area (Å²) < 4.78 is 15.3. The molecule has 1 N–H and O–H groups in total. The van der Waals surface area contributed by atoms with Gasteiger partial charge >= 0.3 is 5.97 Å². The number of aromatic amines is 1. The SMILES string of the molecule is COC(=O)c1c(C)[nH]c(C(=O)COc2ccc(OC)cc2)c1C. The van der Waals surface area contributed by atoms with Crippen molar-refractivity contribution in [1.82, 2.24) is 4.98 Å². The summed E-state index contributed by atoms with van der Waals surface area (Å²) in [4.78, 5) is 27.0. The van der Waals surface area contributed by atoms with E-state index in [9.17, 15) is 9.59 Å². The van der Waals surface area contributed by atoms with Gasteiger partial charge < -0.3 is 19.2 Å². The third-order valence-electron chi connectivity index (χ3n) is 3.54. The van der Waals surface area contributed by atoms with E-state index in [2.05, 4.69) is 4.98 Å². The number of esters is 1. The van der Waals surface area contributed by atoms with Crippen LogP contribution < -0.4 is 9.47 Å². The number of benzene rings is 1. The van der Waals surface area contributed by atoms with Crippen LogP contribution in [-0.2, 0) is 4.74 Å². The van der Waals surface area contributed by atoms with Gasteiger partial charge in [0.1, 0.15) is 11.5 Å². The van der Waals surface area contributed by atoms with E-state index in [-0.39, 0.29) is 12.4 Å². The molecule has 2 rings (SSSR count). The van der Waals surface area contributed by atoms with Crippen molar-refractivity contribution in [1.29, 1.82) is 0 Å². The molecule has 1 aromatic heterocycles. The maximum Gasteiger partial charge on any atom is 0.339 e. The first-order valence-electron chi connectivity index (χ1n) is 7.05. The van der Waals surface area contributed by atoms with Gasteiger partial charge in [-0.1, -0.05) is 0 Å². The Morgan fingerprint density at radius 1 is 1.04 bits per heavy atom. The average molecular weight is 317 g/mol. The Labute approximate surface area is 134 Å². The quantitative estimate of drug-likeness (QED) is 0.654. The van der Waals surface area contributed by atoms with Crippen molar-refractivity contribution in [2.75, 3.05) is 20.8 Å². The highest BCUT2D eigenvalue weighted by atomic mass is 16.5. The molecule has 6 nitrogen and oxygen atoms in total. The second kappa shape index (κ2) is 7.00. The molecule has 0 bridgehead atoms. The van der Waals surface area contributed by atoms with Crippen molar-refractivity contribution in [2.24, 2.45) is 0 Å². The van der Waals surface area contributed by atoms with Crippen LogP contribution in [0.1, 0.15) is 32.1 Å². The van der Waals surface area contributed by atoms with Crippen LogP contribution in [0, 0.1) is 13.8 Å². The monoisotopic (exact) mass is 317 g/mol. The molecular formula is C17H19NO5. The van der Waals surface area contributed by atoms with Gasteiger partial charge in [-0.3, -0.25) is 4.79 Å². The number of rotatable bonds is 6. The zero-order valence-corrected chi connectivity index (χ0v) is 13.6. The third-order valence-corrected chi connectivity index (χ3v) is 3.54. The normalized spacial score (nSPS) is 10.3. The third kappa shape index (κ3) is 3.53. The highest BCUT2D eigenvalue weighted by molar-refractivity contribution is 6.02. The largest absolute Gasteiger partial charge is 0.497 e. The lowest BCUT2D eigenvalue weighted by molar-refractivity contribution is 0.0599.